The molecule has 0 unspecified atom stereocenters. The molecule has 0 aliphatic carbocycles. The van der Waals surface area contributed by atoms with Crippen LogP contribution in [0, 0.1) is 17.1 Å². The van der Waals surface area contributed by atoms with Crippen LogP contribution in [0.25, 0.3) is 0 Å². The van der Waals surface area contributed by atoms with Gasteiger partial charge in [-0.25, -0.2) is 4.39 Å². The average molecular weight is 321 g/mol. The minimum Gasteiger partial charge on any atom is -0.497 e. The maximum absolute atomic E-state index is 13.7. The third-order valence-corrected chi connectivity index (χ3v) is 3.20. The molecule has 0 amide bonds. The van der Waals surface area contributed by atoms with E-state index < -0.39 is 0 Å². The fourth-order valence-electron chi connectivity index (χ4n) is 1.57. The first-order valence-electron chi connectivity index (χ1n) is 5.44. The largest absolute Gasteiger partial charge is 0.497 e. The molecule has 0 saturated carbocycles. The lowest BCUT2D eigenvalue weighted by Gasteiger charge is -2.10. The Morgan fingerprint density at radius 1 is 1.26 bits per heavy atom. The summed E-state index contributed by atoms with van der Waals surface area (Å²) < 4.78 is 19.4. The molecular formula is C14H10BrFN2O. The molecule has 0 aliphatic heterocycles. The first kappa shape index (κ1) is 13.4. The molecule has 96 valence electrons. The number of nitrogens with one attached hydrogen (secondary N) is 1. The number of rotatable bonds is 3. The highest BCUT2D eigenvalue weighted by Crippen LogP contribution is 2.27. The molecule has 0 bridgehead atoms. The fourth-order valence-corrected chi connectivity index (χ4v) is 2.03. The van der Waals surface area contributed by atoms with E-state index in [1.807, 2.05) is 6.07 Å². The number of hydrogen-bond donors (Lipinski definition) is 1. The molecule has 0 radical (unpaired) electrons. The van der Waals surface area contributed by atoms with Gasteiger partial charge >= 0.3 is 0 Å². The Labute approximate surface area is 118 Å². The summed E-state index contributed by atoms with van der Waals surface area (Å²) in [5, 5.41) is 11.8. The van der Waals surface area contributed by atoms with Crippen molar-refractivity contribution in [3.63, 3.8) is 0 Å². The van der Waals surface area contributed by atoms with Crippen LogP contribution in [-0.4, -0.2) is 7.11 Å². The first-order chi connectivity index (χ1) is 9.13. The minimum atomic E-state index is -0.374. The van der Waals surface area contributed by atoms with Gasteiger partial charge in [-0.05, 0) is 46.3 Å². The van der Waals surface area contributed by atoms with Crippen LogP contribution in [0.1, 0.15) is 5.56 Å². The van der Waals surface area contributed by atoms with Crippen molar-refractivity contribution in [2.24, 2.45) is 0 Å². The number of ether oxygens (including phenoxy) is 1. The van der Waals surface area contributed by atoms with Crippen LogP contribution < -0.4 is 10.1 Å². The molecule has 2 aromatic carbocycles. The second kappa shape index (κ2) is 5.72. The lowest BCUT2D eigenvalue weighted by molar-refractivity contribution is 0.414. The predicted molar refractivity (Wildman–Crippen MR) is 75.1 cm³/mol. The van der Waals surface area contributed by atoms with Crippen LogP contribution in [-0.2, 0) is 0 Å². The molecule has 2 aromatic rings. The van der Waals surface area contributed by atoms with Gasteiger partial charge < -0.3 is 10.1 Å². The Balaban J connectivity index is 2.31. The number of benzene rings is 2. The number of hydrogen-bond acceptors (Lipinski definition) is 3. The van der Waals surface area contributed by atoms with Crippen molar-refractivity contribution in [3.05, 3.63) is 52.3 Å². The first-order valence-corrected chi connectivity index (χ1v) is 6.23. The number of halogens is 2. The molecule has 0 spiro atoms. The van der Waals surface area contributed by atoms with Gasteiger partial charge in [-0.1, -0.05) is 0 Å². The Bertz CT molecular complexity index is 652. The van der Waals surface area contributed by atoms with E-state index in [0.717, 1.165) is 0 Å². The van der Waals surface area contributed by atoms with Crippen LogP contribution in [0.5, 0.6) is 5.75 Å². The van der Waals surface area contributed by atoms with Crippen LogP contribution in [0.3, 0.4) is 0 Å². The Hall–Kier alpha value is -2.06. The zero-order chi connectivity index (χ0) is 13.8. The summed E-state index contributed by atoms with van der Waals surface area (Å²) in [6, 6.07) is 11.6. The van der Waals surface area contributed by atoms with Crippen molar-refractivity contribution in [3.8, 4) is 11.8 Å². The molecular weight excluding hydrogens is 311 g/mol. The van der Waals surface area contributed by atoms with Gasteiger partial charge in [0.25, 0.3) is 0 Å². The topological polar surface area (TPSA) is 45.0 Å². The van der Waals surface area contributed by atoms with Gasteiger partial charge in [0.15, 0.2) is 0 Å². The summed E-state index contributed by atoms with van der Waals surface area (Å²) >= 11 is 3.29. The van der Waals surface area contributed by atoms with Crippen molar-refractivity contribution < 1.29 is 9.13 Å². The molecule has 0 fully saturated rings. The molecule has 0 aromatic heterocycles. The van der Waals surface area contributed by atoms with E-state index in [0.29, 0.717) is 27.2 Å². The molecule has 0 heterocycles. The zero-order valence-electron chi connectivity index (χ0n) is 10.1. The van der Waals surface area contributed by atoms with Crippen molar-refractivity contribution in [2.75, 3.05) is 12.4 Å². The summed E-state index contributed by atoms with van der Waals surface area (Å²) in [6.45, 7) is 0. The highest BCUT2D eigenvalue weighted by atomic mass is 79.9. The van der Waals surface area contributed by atoms with E-state index in [4.69, 9.17) is 10.00 Å². The van der Waals surface area contributed by atoms with E-state index in [2.05, 4.69) is 21.2 Å². The van der Waals surface area contributed by atoms with E-state index in [-0.39, 0.29) is 5.82 Å². The molecule has 2 rings (SSSR count). The van der Waals surface area contributed by atoms with Crippen LogP contribution in [0.4, 0.5) is 15.8 Å². The van der Waals surface area contributed by atoms with E-state index in [1.165, 1.54) is 13.2 Å². The fraction of sp³-hybridized carbons (Fsp3) is 0.0714. The second-order valence-electron chi connectivity index (χ2n) is 3.78. The number of nitrogens with zero attached hydrogens (tertiary/aromatic N) is 1. The monoisotopic (exact) mass is 320 g/mol. The molecule has 0 atom stereocenters. The van der Waals surface area contributed by atoms with Crippen molar-refractivity contribution >= 4 is 27.3 Å². The molecule has 5 heteroatoms. The van der Waals surface area contributed by atoms with Crippen molar-refractivity contribution in [1.82, 2.24) is 0 Å². The quantitative estimate of drug-likeness (QED) is 0.921. The minimum absolute atomic E-state index is 0.316. The van der Waals surface area contributed by atoms with Gasteiger partial charge in [-0.2, -0.15) is 5.26 Å². The van der Waals surface area contributed by atoms with Gasteiger partial charge in [0, 0.05) is 16.2 Å². The Morgan fingerprint density at radius 3 is 2.68 bits per heavy atom. The number of nitriles is 1. The number of anilines is 2. The highest BCUT2D eigenvalue weighted by Gasteiger charge is 2.06. The summed E-state index contributed by atoms with van der Waals surface area (Å²) in [7, 11) is 1.52. The van der Waals surface area contributed by atoms with Crippen molar-refractivity contribution in [2.45, 2.75) is 0 Å². The Morgan fingerprint density at radius 2 is 2.05 bits per heavy atom. The molecule has 0 aliphatic rings. The predicted octanol–water partition coefficient (Wildman–Crippen LogP) is 4.21. The third kappa shape index (κ3) is 3.04. The third-order valence-electron chi connectivity index (χ3n) is 2.54. The van der Waals surface area contributed by atoms with Crippen LogP contribution in [0.2, 0.25) is 0 Å². The Kier molecular flexibility index (Phi) is 4.03. The lowest BCUT2D eigenvalue weighted by atomic mass is 10.2. The number of methoxy groups -OCH3 is 1. The average Bonchev–Trinajstić information content (AvgIpc) is 2.41. The molecule has 19 heavy (non-hydrogen) atoms. The molecule has 1 N–H and O–H groups in total. The van der Waals surface area contributed by atoms with E-state index >= 15 is 0 Å². The maximum Gasteiger partial charge on any atom is 0.146 e. The van der Waals surface area contributed by atoms with Gasteiger partial charge in [-0.3, -0.25) is 0 Å². The van der Waals surface area contributed by atoms with Gasteiger partial charge in [-0.15, -0.1) is 0 Å². The second-order valence-corrected chi connectivity index (χ2v) is 4.63. The van der Waals surface area contributed by atoms with Gasteiger partial charge in [0.05, 0.1) is 18.4 Å². The SMILES string of the molecule is COc1ccc(F)c(Nc2ccc(C#N)c(Br)c2)c1. The van der Waals surface area contributed by atoms with Gasteiger partial charge in [0.1, 0.15) is 17.6 Å². The maximum atomic E-state index is 13.7. The van der Waals surface area contributed by atoms with Crippen LogP contribution in [0.15, 0.2) is 40.9 Å². The summed E-state index contributed by atoms with van der Waals surface area (Å²) in [6.07, 6.45) is 0. The van der Waals surface area contributed by atoms with E-state index in [9.17, 15) is 4.39 Å². The summed E-state index contributed by atoms with van der Waals surface area (Å²) in [4.78, 5) is 0. The smallest absolute Gasteiger partial charge is 0.146 e. The van der Waals surface area contributed by atoms with Gasteiger partial charge in [0.2, 0.25) is 0 Å². The molecule has 3 nitrogen and oxygen atoms in total. The summed E-state index contributed by atoms with van der Waals surface area (Å²) in [5.41, 5.74) is 1.52. The van der Waals surface area contributed by atoms with E-state index in [1.54, 1.807) is 30.3 Å². The normalized spacial score (nSPS) is 9.79. The lowest BCUT2D eigenvalue weighted by Crippen LogP contribution is -1.95. The zero-order valence-corrected chi connectivity index (χ0v) is 11.7. The van der Waals surface area contributed by atoms with Crippen molar-refractivity contribution in [1.29, 1.82) is 5.26 Å². The van der Waals surface area contributed by atoms with Crippen LogP contribution >= 0.6 is 15.9 Å². The molecule has 0 saturated heterocycles. The standard InChI is InChI=1S/C14H10BrFN2O/c1-19-11-4-5-13(16)14(7-11)18-10-3-2-9(8-17)12(15)6-10/h2-7,18H,1H3. The summed E-state index contributed by atoms with van der Waals surface area (Å²) in [5.74, 6) is 0.192. The highest BCUT2D eigenvalue weighted by molar-refractivity contribution is 9.10.